The van der Waals surface area contributed by atoms with Crippen LogP contribution < -0.4 is 14.8 Å². The van der Waals surface area contributed by atoms with Crippen molar-refractivity contribution >= 4 is 34.2 Å². The van der Waals surface area contributed by atoms with Crippen LogP contribution in [0.5, 0.6) is 23.1 Å². The van der Waals surface area contributed by atoms with Crippen LogP contribution in [0.3, 0.4) is 0 Å². The number of urea groups is 1. The molecule has 8 nitrogen and oxygen atoms in total. The Morgan fingerprint density at radius 3 is 2.62 bits per heavy atom. The van der Waals surface area contributed by atoms with E-state index in [2.05, 4.69) is 15.3 Å². The number of nitrogens with one attached hydrogen (secondary N) is 1. The molecule has 1 aromatic heterocycles. The molecule has 0 atom stereocenters. The van der Waals surface area contributed by atoms with Crippen molar-refractivity contribution in [1.29, 1.82) is 0 Å². The number of fused-ring (bicyclic) bond motifs is 1. The maximum Gasteiger partial charge on any atom is 0.321 e. The fourth-order valence-corrected chi connectivity index (χ4v) is 2.99. The van der Waals surface area contributed by atoms with Gasteiger partial charge in [-0.25, -0.2) is 14.8 Å². The molecule has 2 amide bonds. The van der Waals surface area contributed by atoms with Crippen molar-refractivity contribution in [1.82, 2.24) is 14.9 Å². The van der Waals surface area contributed by atoms with Crippen molar-refractivity contribution in [3.05, 3.63) is 41.7 Å². The van der Waals surface area contributed by atoms with Crippen molar-refractivity contribution in [2.24, 2.45) is 0 Å². The SMILES string of the molecule is CCN(CC)C(=O)Nc1ccc(Oc2ncnc3cc(O)c(OC)cc23)cc1Cl. The highest BCUT2D eigenvalue weighted by Crippen LogP contribution is 2.36. The molecule has 1 heterocycles. The molecule has 152 valence electrons. The topological polar surface area (TPSA) is 96.8 Å². The number of methoxy groups -OCH3 is 1. The van der Waals surface area contributed by atoms with Crippen LogP contribution in [0, 0.1) is 0 Å². The molecule has 2 aromatic carbocycles. The van der Waals surface area contributed by atoms with E-state index in [1.807, 2.05) is 13.8 Å². The lowest BCUT2D eigenvalue weighted by Crippen LogP contribution is -2.34. The van der Waals surface area contributed by atoms with Crippen LogP contribution in [-0.2, 0) is 0 Å². The molecule has 0 fully saturated rings. The Balaban J connectivity index is 1.86. The minimum absolute atomic E-state index is 0.0269. The average molecular weight is 417 g/mol. The van der Waals surface area contributed by atoms with Gasteiger partial charge in [0.2, 0.25) is 5.88 Å². The van der Waals surface area contributed by atoms with Crippen LogP contribution >= 0.6 is 11.6 Å². The van der Waals surface area contributed by atoms with Crippen molar-refractivity contribution in [3.8, 4) is 23.1 Å². The number of halogens is 1. The third kappa shape index (κ3) is 4.43. The van der Waals surface area contributed by atoms with E-state index < -0.39 is 0 Å². The van der Waals surface area contributed by atoms with Gasteiger partial charge in [0.05, 0.1) is 28.7 Å². The second-order valence-electron chi connectivity index (χ2n) is 6.07. The fraction of sp³-hybridized carbons (Fsp3) is 0.250. The molecule has 0 spiro atoms. The minimum atomic E-state index is -0.223. The summed E-state index contributed by atoms with van der Waals surface area (Å²) in [4.78, 5) is 22.2. The Kier molecular flexibility index (Phi) is 6.23. The maximum absolute atomic E-state index is 12.2. The summed E-state index contributed by atoms with van der Waals surface area (Å²) in [5, 5.41) is 13.6. The number of rotatable bonds is 6. The normalized spacial score (nSPS) is 10.6. The Morgan fingerprint density at radius 1 is 1.21 bits per heavy atom. The summed E-state index contributed by atoms with van der Waals surface area (Å²) in [6.45, 7) is 5.01. The van der Waals surface area contributed by atoms with Gasteiger partial charge in [0.1, 0.15) is 12.1 Å². The second kappa shape index (κ2) is 8.83. The lowest BCUT2D eigenvalue weighted by atomic mass is 10.2. The highest BCUT2D eigenvalue weighted by molar-refractivity contribution is 6.33. The quantitative estimate of drug-likeness (QED) is 0.606. The number of phenols is 1. The minimum Gasteiger partial charge on any atom is -0.504 e. The highest BCUT2D eigenvalue weighted by atomic mass is 35.5. The summed E-state index contributed by atoms with van der Waals surface area (Å²) in [6, 6.07) is 7.77. The van der Waals surface area contributed by atoms with Crippen molar-refractivity contribution < 1.29 is 19.4 Å². The third-order valence-electron chi connectivity index (χ3n) is 4.35. The zero-order chi connectivity index (χ0) is 21.0. The molecule has 0 bridgehead atoms. The molecule has 9 heteroatoms. The first-order chi connectivity index (χ1) is 14.0. The molecule has 2 N–H and O–H groups in total. The summed E-state index contributed by atoms with van der Waals surface area (Å²) >= 11 is 6.32. The Bertz CT molecular complexity index is 1040. The number of nitrogens with zero attached hydrogens (tertiary/aromatic N) is 3. The lowest BCUT2D eigenvalue weighted by Gasteiger charge is -2.19. The number of aromatic hydroxyl groups is 1. The number of carbonyl (C=O) groups is 1. The first-order valence-electron chi connectivity index (χ1n) is 9.01. The van der Waals surface area contributed by atoms with Crippen LogP contribution in [-0.4, -0.2) is 46.2 Å². The van der Waals surface area contributed by atoms with E-state index in [0.717, 1.165) is 0 Å². The summed E-state index contributed by atoms with van der Waals surface area (Å²) in [7, 11) is 1.45. The summed E-state index contributed by atoms with van der Waals surface area (Å²) in [6.07, 6.45) is 1.34. The number of phenolic OH excluding ortho intramolecular Hbond substituents is 1. The number of hydrogen-bond acceptors (Lipinski definition) is 6. The van der Waals surface area contributed by atoms with Gasteiger partial charge in [-0.3, -0.25) is 0 Å². The Morgan fingerprint density at radius 2 is 1.97 bits per heavy atom. The van der Waals surface area contributed by atoms with Gasteiger partial charge in [-0.05, 0) is 32.0 Å². The third-order valence-corrected chi connectivity index (χ3v) is 4.66. The molecule has 3 rings (SSSR count). The highest BCUT2D eigenvalue weighted by Gasteiger charge is 2.14. The smallest absolute Gasteiger partial charge is 0.321 e. The molecule has 0 saturated carbocycles. The van der Waals surface area contributed by atoms with Crippen molar-refractivity contribution in [2.45, 2.75) is 13.8 Å². The molecule has 0 aliphatic carbocycles. The molecule has 0 aliphatic rings. The van der Waals surface area contributed by atoms with Gasteiger partial charge in [-0.15, -0.1) is 0 Å². The zero-order valence-electron chi connectivity index (χ0n) is 16.3. The zero-order valence-corrected chi connectivity index (χ0v) is 17.0. The van der Waals surface area contributed by atoms with Crippen LogP contribution in [0.4, 0.5) is 10.5 Å². The van der Waals surface area contributed by atoms with Crippen LogP contribution in [0.25, 0.3) is 10.9 Å². The van der Waals surface area contributed by atoms with Gasteiger partial charge in [-0.1, -0.05) is 11.6 Å². The van der Waals surface area contributed by atoms with Gasteiger partial charge < -0.3 is 24.8 Å². The number of benzene rings is 2. The van der Waals surface area contributed by atoms with E-state index in [4.69, 9.17) is 21.1 Å². The molecule has 0 aliphatic heterocycles. The molecule has 29 heavy (non-hydrogen) atoms. The van der Waals surface area contributed by atoms with Crippen LogP contribution in [0.15, 0.2) is 36.7 Å². The second-order valence-corrected chi connectivity index (χ2v) is 6.47. The van der Waals surface area contributed by atoms with Gasteiger partial charge in [0.15, 0.2) is 11.5 Å². The lowest BCUT2D eigenvalue weighted by molar-refractivity contribution is 0.217. The van der Waals surface area contributed by atoms with E-state index in [1.54, 1.807) is 29.2 Å². The average Bonchev–Trinajstić information content (AvgIpc) is 2.70. The van der Waals surface area contributed by atoms with Crippen LogP contribution in [0.2, 0.25) is 5.02 Å². The molecular weight excluding hydrogens is 396 g/mol. The molecule has 3 aromatic rings. The van der Waals surface area contributed by atoms with E-state index in [1.165, 1.54) is 19.5 Å². The standard InChI is InChI=1S/C20H21ClN4O4/c1-4-25(5-2)20(27)24-15-7-6-12(8-14(15)21)29-19-13-9-18(28-3)17(26)10-16(13)22-11-23-19/h6-11,26H,4-5H2,1-3H3,(H,24,27). The van der Waals surface area contributed by atoms with Gasteiger partial charge in [-0.2, -0.15) is 0 Å². The molecule has 0 radical (unpaired) electrons. The number of ether oxygens (including phenoxy) is 2. The molecule has 0 saturated heterocycles. The number of hydrogen-bond donors (Lipinski definition) is 2. The van der Waals surface area contributed by atoms with E-state index >= 15 is 0 Å². The fourth-order valence-electron chi connectivity index (χ4n) is 2.77. The van der Waals surface area contributed by atoms with Gasteiger partial charge in [0, 0.05) is 25.2 Å². The van der Waals surface area contributed by atoms with Gasteiger partial charge in [0.25, 0.3) is 0 Å². The monoisotopic (exact) mass is 416 g/mol. The number of anilines is 1. The van der Waals surface area contributed by atoms with E-state index in [9.17, 15) is 9.90 Å². The van der Waals surface area contributed by atoms with Crippen LogP contribution in [0.1, 0.15) is 13.8 Å². The predicted molar refractivity (Wildman–Crippen MR) is 111 cm³/mol. The number of carbonyl (C=O) groups excluding carboxylic acids is 1. The van der Waals surface area contributed by atoms with E-state index in [0.29, 0.717) is 40.5 Å². The largest absolute Gasteiger partial charge is 0.504 e. The molecule has 0 unspecified atom stereocenters. The summed E-state index contributed by atoms with van der Waals surface area (Å²) in [5.74, 6) is 0.970. The van der Waals surface area contributed by atoms with Crippen molar-refractivity contribution in [3.63, 3.8) is 0 Å². The predicted octanol–water partition coefficient (Wildman–Crippen LogP) is 4.66. The molecular formula is C20H21ClN4O4. The number of amides is 2. The van der Waals surface area contributed by atoms with E-state index in [-0.39, 0.29) is 23.4 Å². The maximum atomic E-state index is 12.2. The Hall–Kier alpha value is -3.26. The Labute approximate surface area is 173 Å². The summed E-state index contributed by atoms with van der Waals surface area (Å²) < 4.78 is 11.0. The first-order valence-corrected chi connectivity index (χ1v) is 9.39. The first kappa shape index (κ1) is 20.5. The summed E-state index contributed by atoms with van der Waals surface area (Å²) in [5.41, 5.74) is 0.984. The van der Waals surface area contributed by atoms with Crippen molar-refractivity contribution in [2.75, 3.05) is 25.5 Å². The van der Waals surface area contributed by atoms with Gasteiger partial charge >= 0.3 is 6.03 Å². The number of aromatic nitrogens is 2.